The molecule has 1 rings (SSSR count). The van der Waals surface area contributed by atoms with E-state index in [-0.39, 0.29) is 30.6 Å². The van der Waals surface area contributed by atoms with E-state index in [1.165, 1.54) is 0 Å². The van der Waals surface area contributed by atoms with Crippen LogP contribution in [0.5, 0.6) is 0 Å². The molecule has 0 bridgehead atoms. The van der Waals surface area contributed by atoms with Crippen LogP contribution in [0.15, 0.2) is 28.7 Å². The van der Waals surface area contributed by atoms with Crippen LogP contribution in [0.25, 0.3) is 0 Å². The van der Waals surface area contributed by atoms with Crippen LogP contribution < -0.4 is 16.4 Å². The molecule has 0 aliphatic heterocycles. The van der Waals surface area contributed by atoms with Gasteiger partial charge in [0, 0.05) is 29.5 Å². The summed E-state index contributed by atoms with van der Waals surface area (Å²) >= 11 is 3.34. The van der Waals surface area contributed by atoms with Crippen molar-refractivity contribution in [1.29, 1.82) is 0 Å². The summed E-state index contributed by atoms with van der Waals surface area (Å²) in [5.74, 6) is -0.102. The maximum atomic E-state index is 11.7. The molecule has 0 saturated carbocycles. The molecule has 0 atom stereocenters. The van der Waals surface area contributed by atoms with Crippen molar-refractivity contribution in [1.82, 2.24) is 5.32 Å². The van der Waals surface area contributed by atoms with Gasteiger partial charge in [0.15, 0.2) is 0 Å². The molecule has 2 amide bonds. The molecule has 0 heterocycles. The summed E-state index contributed by atoms with van der Waals surface area (Å²) in [5.41, 5.74) is 6.16. The molecule has 1 aromatic carbocycles. The van der Waals surface area contributed by atoms with Crippen molar-refractivity contribution in [3.63, 3.8) is 0 Å². The summed E-state index contributed by atoms with van der Waals surface area (Å²) in [6.07, 6.45) is 4.76. The van der Waals surface area contributed by atoms with E-state index in [2.05, 4.69) is 26.6 Å². The fourth-order valence-corrected chi connectivity index (χ4v) is 2.21. The highest BCUT2D eigenvalue weighted by Gasteiger charge is 2.05. The van der Waals surface area contributed by atoms with Crippen LogP contribution >= 0.6 is 28.3 Å². The number of rotatable bonds is 10. The number of nitrogens with two attached hydrogens (primary N) is 1. The van der Waals surface area contributed by atoms with Gasteiger partial charge in [-0.05, 0) is 43.7 Å². The predicted octanol–water partition coefficient (Wildman–Crippen LogP) is 3.22. The van der Waals surface area contributed by atoms with Gasteiger partial charge in [-0.2, -0.15) is 0 Å². The molecule has 0 aliphatic rings. The minimum atomic E-state index is -0.106. The number of unbranched alkanes of at least 4 members (excludes halogenated alkanes) is 3. The van der Waals surface area contributed by atoms with Crippen molar-refractivity contribution in [2.45, 2.75) is 38.5 Å². The van der Waals surface area contributed by atoms with E-state index in [9.17, 15) is 9.59 Å². The van der Waals surface area contributed by atoms with Crippen LogP contribution in [0, 0.1) is 0 Å². The van der Waals surface area contributed by atoms with E-state index in [1.54, 1.807) is 0 Å². The zero-order chi connectivity index (χ0) is 16.2. The van der Waals surface area contributed by atoms with Crippen molar-refractivity contribution in [3.05, 3.63) is 28.7 Å². The van der Waals surface area contributed by atoms with Gasteiger partial charge in [0.05, 0.1) is 0 Å². The molecule has 0 aliphatic carbocycles. The van der Waals surface area contributed by atoms with Gasteiger partial charge in [0.2, 0.25) is 11.8 Å². The Morgan fingerprint density at radius 2 is 1.61 bits per heavy atom. The molecule has 0 fully saturated rings. The second-order valence-electron chi connectivity index (χ2n) is 5.11. The van der Waals surface area contributed by atoms with E-state index in [4.69, 9.17) is 5.73 Å². The Morgan fingerprint density at radius 1 is 0.957 bits per heavy atom. The number of carbonyl (C=O) groups excluding carboxylic acids is 2. The Morgan fingerprint density at radius 3 is 2.26 bits per heavy atom. The number of benzene rings is 1. The summed E-state index contributed by atoms with van der Waals surface area (Å²) in [6.45, 7) is 1.07. The fourth-order valence-electron chi connectivity index (χ4n) is 1.94. The first kappa shape index (κ1) is 21.9. The first-order valence-corrected chi connectivity index (χ1v) is 8.43. The van der Waals surface area contributed by atoms with Gasteiger partial charge in [0.25, 0.3) is 0 Å². The third kappa shape index (κ3) is 11.1. The molecule has 130 valence electrons. The third-order valence-corrected chi connectivity index (χ3v) is 3.69. The van der Waals surface area contributed by atoms with Gasteiger partial charge in [-0.1, -0.05) is 28.8 Å². The lowest BCUT2D eigenvalue weighted by Gasteiger charge is -2.07. The molecule has 5 nitrogen and oxygen atoms in total. The number of nitrogens with one attached hydrogen (secondary N) is 2. The lowest BCUT2D eigenvalue weighted by Crippen LogP contribution is -2.27. The van der Waals surface area contributed by atoms with Gasteiger partial charge >= 0.3 is 0 Å². The van der Waals surface area contributed by atoms with Crippen LogP contribution in [0.3, 0.4) is 0 Å². The normalized spacial score (nSPS) is 9.83. The smallest absolute Gasteiger partial charge is 0.226 e. The molecule has 0 unspecified atom stereocenters. The second kappa shape index (κ2) is 13.3. The molecular weight excluding hydrogens is 382 g/mol. The Balaban J connectivity index is 0.00000484. The maximum absolute atomic E-state index is 11.7. The summed E-state index contributed by atoms with van der Waals surface area (Å²) < 4.78 is 0.962. The van der Waals surface area contributed by atoms with Crippen molar-refractivity contribution in [2.24, 2.45) is 5.73 Å². The quantitative estimate of drug-likeness (QED) is 0.522. The molecule has 1 aromatic rings. The van der Waals surface area contributed by atoms with Crippen LogP contribution in [0.4, 0.5) is 5.69 Å². The summed E-state index contributed by atoms with van der Waals surface area (Å²) in [5, 5.41) is 5.55. The van der Waals surface area contributed by atoms with E-state index in [0.717, 1.165) is 35.8 Å². The second-order valence-corrected chi connectivity index (χ2v) is 6.02. The summed E-state index contributed by atoms with van der Waals surface area (Å²) in [6, 6.07) is 7.37. The average Bonchev–Trinajstić information content (AvgIpc) is 2.49. The number of amides is 2. The first-order valence-electron chi connectivity index (χ1n) is 7.64. The summed E-state index contributed by atoms with van der Waals surface area (Å²) in [4.78, 5) is 23.3. The van der Waals surface area contributed by atoms with Crippen LogP contribution in [-0.4, -0.2) is 24.9 Å². The van der Waals surface area contributed by atoms with Gasteiger partial charge in [-0.3, -0.25) is 9.59 Å². The van der Waals surface area contributed by atoms with Crippen LogP contribution in [-0.2, 0) is 9.59 Å². The first-order chi connectivity index (χ1) is 10.6. The lowest BCUT2D eigenvalue weighted by atomic mass is 10.1. The highest BCUT2D eigenvalue weighted by molar-refractivity contribution is 9.10. The third-order valence-electron chi connectivity index (χ3n) is 3.16. The van der Waals surface area contributed by atoms with E-state index in [1.807, 2.05) is 24.3 Å². The Hall–Kier alpha value is -1.11. The summed E-state index contributed by atoms with van der Waals surface area (Å²) in [7, 11) is 0. The van der Waals surface area contributed by atoms with Crippen molar-refractivity contribution in [2.75, 3.05) is 18.4 Å². The van der Waals surface area contributed by atoms with Crippen LogP contribution in [0.2, 0.25) is 0 Å². The molecule has 4 N–H and O–H groups in total. The zero-order valence-electron chi connectivity index (χ0n) is 13.1. The Kier molecular flexibility index (Phi) is 12.7. The van der Waals surface area contributed by atoms with Crippen molar-refractivity contribution >= 4 is 45.8 Å². The van der Waals surface area contributed by atoms with Gasteiger partial charge in [0.1, 0.15) is 0 Å². The zero-order valence-corrected chi connectivity index (χ0v) is 15.5. The Labute approximate surface area is 152 Å². The van der Waals surface area contributed by atoms with Crippen LogP contribution in [0.1, 0.15) is 38.5 Å². The number of carbonyl (C=O) groups is 2. The van der Waals surface area contributed by atoms with E-state index in [0.29, 0.717) is 19.5 Å². The topological polar surface area (TPSA) is 84.2 Å². The van der Waals surface area contributed by atoms with Gasteiger partial charge in [-0.25, -0.2) is 0 Å². The number of hydrogen-bond donors (Lipinski definition) is 3. The molecule has 23 heavy (non-hydrogen) atoms. The van der Waals surface area contributed by atoms with Crippen molar-refractivity contribution in [3.8, 4) is 0 Å². The fraction of sp³-hybridized carbons (Fsp3) is 0.500. The molecule has 0 saturated heterocycles. The average molecular weight is 407 g/mol. The highest BCUT2D eigenvalue weighted by atomic mass is 79.9. The standard InChI is InChI=1S/C16H24BrN3O2.ClH/c17-13-6-8-14(9-7-13)20-16(22)10-12-19-15(21)5-3-1-2-4-11-18;/h6-9H,1-5,10-12,18H2,(H,19,21)(H,20,22);1H. The number of anilines is 1. The van der Waals surface area contributed by atoms with Crippen molar-refractivity contribution < 1.29 is 9.59 Å². The monoisotopic (exact) mass is 405 g/mol. The molecule has 7 heteroatoms. The number of halogens is 2. The predicted molar refractivity (Wildman–Crippen MR) is 99.8 cm³/mol. The number of hydrogen-bond acceptors (Lipinski definition) is 3. The maximum Gasteiger partial charge on any atom is 0.226 e. The minimum absolute atomic E-state index is 0. The molecular formula is C16H25BrClN3O2. The highest BCUT2D eigenvalue weighted by Crippen LogP contribution is 2.14. The molecule has 0 spiro atoms. The lowest BCUT2D eigenvalue weighted by molar-refractivity contribution is -0.121. The molecule has 0 radical (unpaired) electrons. The van der Waals surface area contributed by atoms with Gasteiger partial charge in [-0.15, -0.1) is 12.4 Å². The SMILES string of the molecule is Cl.NCCCCCCC(=O)NCCC(=O)Nc1ccc(Br)cc1. The van der Waals surface area contributed by atoms with E-state index >= 15 is 0 Å². The molecule has 0 aromatic heterocycles. The Bertz CT molecular complexity index is 469. The van der Waals surface area contributed by atoms with Gasteiger partial charge < -0.3 is 16.4 Å². The minimum Gasteiger partial charge on any atom is -0.356 e. The largest absolute Gasteiger partial charge is 0.356 e. The van der Waals surface area contributed by atoms with E-state index < -0.39 is 0 Å².